The standard InChI is InChI=1S/C24H27N5O/c30-22(28-12-6-7-13-28)18-27-14-16-29(17-15-27)24-21-11-5-4-10-20(21)23(25-26-24)19-8-2-1-3-9-19/h1-5,8-11H,6-7,12-18H2. The van der Waals surface area contributed by atoms with Gasteiger partial charge in [-0.05, 0) is 12.8 Å². The third-order valence-electron chi connectivity index (χ3n) is 6.20. The van der Waals surface area contributed by atoms with Crippen LogP contribution in [0.25, 0.3) is 22.0 Å². The third kappa shape index (κ3) is 3.75. The molecule has 6 nitrogen and oxygen atoms in total. The second-order valence-corrected chi connectivity index (χ2v) is 8.13. The topological polar surface area (TPSA) is 52.6 Å². The predicted octanol–water partition coefficient (Wildman–Crippen LogP) is 3.04. The monoisotopic (exact) mass is 401 g/mol. The van der Waals surface area contributed by atoms with Gasteiger partial charge in [0.2, 0.25) is 5.91 Å². The van der Waals surface area contributed by atoms with E-state index < -0.39 is 0 Å². The van der Waals surface area contributed by atoms with Crippen LogP contribution in [0.4, 0.5) is 5.82 Å². The highest BCUT2D eigenvalue weighted by Crippen LogP contribution is 2.31. The second-order valence-electron chi connectivity index (χ2n) is 8.13. The summed E-state index contributed by atoms with van der Waals surface area (Å²) in [5.74, 6) is 1.22. The number of carbonyl (C=O) groups excluding carboxylic acids is 1. The summed E-state index contributed by atoms with van der Waals surface area (Å²) in [6.07, 6.45) is 2.29. The number of anilines is 1. The van der Waals surface area contributed by atoms with Crippen molar-refractivity contribution in [2.45, 2.75) is 12.8 Å². The Labute approximate surface area is 177 Å². The fraction of sp³-hybridized carbons (Fsp3) is 0.375. The van der Waals surface area contributed by atoms with E-state index in [0.29, 0.717) is 6.54 Å². The first-order chi connectivity index (χ1) is 14.8. The summed E-state index contributed by atoms with van der Waals surface area (Å²) in [6, 6.07) is 18.6. The SMILES string of the molecule is O=C(CN1CCN(c2nnc(-c3ccccc3)c3ccccc23)CC1)N1CCCC1. The number of amides is 1. The van der Waals surface area contributed by atoms with E-state index >= 15 is 0 Å². The van der Waals surface area contributed by atoms with Crippen LogP contribution in [-0.4, -0.2) is 71.7 Å². The Morgan fingerprint density at radius 2 is 1.43 bits per heavy atom. The molecule has 30 heavy (non-hydrogen) atoms. The van der Waals surface area contributed by atoms with Gasteiger partial charge in [-0.3, -0.25) is 9.69 Å². The van der Waals surface area contributed by atoms with Gasteiger partial charge in [0.1, 0.15) is 5.69 Å². The molecule has 0 N–H and O–H groups in total. The molecule has 2 saturated heterocycles. The van der Waals surface area contributed by atoms with Crippen molar-refractivity contribution in [3.8, 4) is 11.3 Å². The first-order valence-corrected chi connectivity index (χ1v) is 10.9. The number of rotatable bonds is 4. The number of aromatic nitrogens is 2. The van der Waals surface area contributed by atoms with Crippen molar-refractivity contribution < 1.29 is 4.79 Å². The Morgan fingerprint density at radius 3 is 2.17 bits per heavy atom. The smallest absolute Gasteiger partial charge is 0.236 e. The maximum atomic E-state index is 12.5. The molecule has 2 aliphatic heterocycles. The van der Waals surface area contributed by atoms with Crippen LogP contribution in [0.3, 0.4) is 0 Å². The lowest BCUT2D eigenvalue weighted by Crippen LogP contribution is -2.50. The van der Waals surface area contributed by atoms with Gasteiger partial charge in [-0.1, -0.05) is 54.6 Å². The van der Waals surface area contributed by atoms with Crippen LogP contribution < -0.4 is 4.90 Å². The number of benzene rings is 2. The number of likely N-dealkylation sites (tertiary alicyclic amines) is 1. The molecule has 0 bridgehead atoms. The van der Waals surface area contributed by atoms with Crippen molar-refractivity contribution in [1.29, 1.82) is 0 Å². The Hall–Kier alpha value is -2.99. The lowest BCUT2D eigenvalue weighted by Gasteiger charge is -2.35. The normalized spacial score (nSPS) is 17.6. The Balaban J connectivity index is 1.33. The molecule has 0 atom stereocenters. The van der Waals surface area contributed by atoms with Crippen molar-refractivity contribution in [1.82, 2.24) is 20.0 Å². The Bertz CT molecular complexity index is 1020. The van der Waals surface area contributed by atoms with E-state index in [4.69, 9.17) is 0 Å². The molecule has 0 aliphatic carbocycles. The fourth-order valence-corrected chi connectivity index (χ4v) is 4.51. The quantitative estimate of drug-likeness (QED) is 0.673. The van der Waals surface area contributed by atoms with Gasteiger partial charge >= 0.3 is 0 Å². The van der Waals surface area contributed by atoms with Gasteiger partial charge in [-0.15, -0.1) is 10.2 Å². The van der Waals surface area contributed by atoms with E-state index in [1.165, 1.54) is 0 Å². The predicted molar refractivity (Wildman–Crippen MR) is 119 cm³/mol. The zero-order valence-electron chi connectivity index (χ0n) is 17.2. The van der Waals surface area contributed by atoms with E-state index in [-0.39, 0.29) is 5.91 Å². The molecule has 3 aromatic rings. The Morgan fingerprint density at radius 1 is 0.767 bits per heavy atom. The van der Waals surface area contributed by atoms with Gasteiger partial charge in [-0.25, -0.2) is 0 Å². The molecule has 1 amide bonds. The van der Waals surface area contributed by atoms with Crippen molar-refractivity contribution >= 4 is 22.5 Å². The molecule has 1 aromatic heterocycles. The van der Waals surface area contributed by atoms with Crippen molar-refractivity contribution in [2.75, 3.05) is 50.7 Å². The van der Waals surface area contributed by atoms with Gasteiger partial charge in [0.05, 0.1) is 6.54 Å². The van der Waals surface area contributed by atoms with E-state index in [1.807, 2.05) is 23.1 Å². The van der Waals surface area contributed by atoms with E-state index in [0.717, 1.165) is 80.0 Å². The number of nitrogens with zero attached hydrogens (tertiary/aromatic N) is 5. The largest absolute Gasteiger partial charge is 0.352 e. The highest BCUT2D eigenvalue weighted by molar-refractivity contribution is 6.00. The molecule has 0 unspecified atom stereocenters. The molecular weight excluding hydrogens is 374 g/mol. The van der Waals surface area contributed by atoms with Crippen molar-refractivity contribution in [3.05, 3.63) is 54.6 Å². The van der Waals surface area contributed by atoms with Crippen LogP contribution in [0.2, 0.25) is 0 Å². The minimum absolute atomic E-state index is 0.276. The molecule has 5 rings (SSSR count). The van der Waals surface area contributed by atoms with Gasteiger partial charge in [0, 0.05) is 55.6 Å². The summed E-state index contributed by atoms with van der Waals surface area (Å²) < 4.78 is 0. The van der Waals surface area contributed by atoms with Crippen LogP contribution in [0.1, 0.15) is 12.8 Å². The maximum Gasteiger partial charge on any atom is 0.236 e. The minimum Gasteiger partial charge on any atom is -0.352 e. The van der Waals surface area contributed by atoms with E-state index in [1.54, 1.807) is 0 Å². The first-order valence-electron chi connectivity index (χ1n) is 10.9. The molecule has 0 spiro atoms. The van der Waals surface area contributed by atoms with Gasteiger partial charge in [0.25, 0.3) is 0 Å². The lowest BCUT2D eigenvalue weighted by atomic mass is 10.0. The molecule has 2 aliphatic rings. The van der Waals surface area contributed by atoms with Crippen molar-refractivity contribution in [3.63, 3.8) is 0 Å². The fourth-order valence-electron chi connectivity index (χ4n) is 4.51. The summed E-state index contributed by atoms with van der Waals surface area (Å²) in [7, 11) is 0. The maximum absolute atomic E-state index is 12.5. The highest BCUT2D eigenvalue weighted by Gasteiger charge is 2.25. The zero-order chi connectivity index (χ0) is 20.3. The van der Waals surface area contributed by atoms with Gasteiger partial charge < -0.3 is 9.80 Å². The lowest BCUT2D eigenvalue weighted by molar-refractivity contribution is -0.131. The number of piperazine rings is 1. The number of fused-ring (bicyclic) bond motifs is 1. The molecule has 0 radical (unpaired) electrons. The number of hydrogen-bond acceptors (Lipinski definition) is 5. The van der Waals surface area contributed by atoms with E-state index in [2.05, 4.69) is 56.4 Å². The van der Waals surface area contributed by atoms with Gasteiger partial charge in [0.15, 0.2) is 5.82 Å². The van der Waals surface area contributed by atoms with Gasteiger partial charge in [-0.2, -0.15) is 0 Å². The van der Waals surface area contributed by atoms with Crippen LogP contribution >= 0.6 is 0 Å². The molecular formula is C24H27N5O. The summed E-state index contributed by atoms with van der Waals surface area (Å²) in [6.45, 7) is 5.84. The van der Waals surface area contributed by atoms with Crippen LogP contribution in [0, 0.1) is 0 Å². The third-order valence-corrected chi connectivity index (χ3v) is 6.20. The summed E-state index contributed by atoms with van der Waals surface area (Å²) in [4.78, 5) is 19.0. The summed E-state index contributed by atoms with van der Waals surface area (Å²) in [5.41, 5.74) is 2.00. The molecule has 6 heteroatoms. The zero-order valence-corrected chi connectivity index (χ0v) is 17.2. The average Bonchev–Trinajstić information content (AvgIpc) is 3.35. The van der Waals surface area contributed by atoms with Crippen LogP contribution in [-0.2, 0) is 4.79 Å². The molecule has 0 saturated carbocycles. The first kappa shape index (κ1) is 19.0. The van der Waals surface area contributed by atoms with Crippen LogP contribution in [0.5, 0.6) is 0 Å². The minimum atomic E-state index is 0.276. The number of hydrogen-bond donors (Lipinski definition) is 0. The molecule has 2 aromatic carbocycles. The van der Waals surface area contributed by atoms with E-state index in [9.17, 15) is 4.79 Å². The average molecular weight is 402 g/mol. The molecule has 3 heterocycles. The van der Waals surface area contributed by atoms with Crippen LogP contribution in [0.15, 0.2) is 54.6 Å². The summed E-state index contributed by atoms with van der Waals surface area (Å²) >= 11 is 0. The highest BCUT2D eigenvalue weighted by atomic mass is 16.2. The number of carbonyl (C=O) groups is 1. The molecule has 154 valence electrons. The summed E-state index contributed by atoms with van der Waals surface area (Å²) in [5, 5.41) is 11.5. The molecule has 2 fully saturated rings. The Kier molecular flexibility index (Phi) is 5.32. The van der Waals surface area contributed by atoms with Crippen molar-refractivity contribution in [2.24, 2.45) is 0 Å². The second kappa shape index (κ2) is 8.40.